The van der Waals surface area contributed by atoms with Gasteiger partial charge in [0.25, 0.3) is 0 Å². The van der Waals surface area contributed by atoms with E-state index < -0.39 is 5.67 Å². The lowest BCUT2D eigenvalue weighted by Crippen LogP contribution is -2.33. The predicted molar refractivity (Wildman–Crippen MR) is 67.5 cm³/mol. The zero-order chi connectivity index (χ0) is 12.3. The second kappa shape index (κ2) is 5.42. The van der Waals surface area contributed by atoms with Gasteiger partial charge in [-0.3, -0.25) is 9.88 Å². The van der Waals surface area contributed by atoms with Gasteiger partial charge in [0.1, 0.15) is 5.67 Å². The molecule has 1 fully saturated rings. The van der Waals surface area contributed by atoms with E-state index in [1.807, 2.05) is 12.3 Å². The molecule has 2 rings (SSSR count). The summed E-state index contributed by atoms with van der Waals surface area (Å²) < 4.78 is 20.0. The highest BCUT2D eigenvalue weighted by Gasteiger charge is 2.38. The number of aromatic nitrogens is 1. The van der Waals surface area contributed by atoms with E-state index in [1.54, 1.807) is 13.3 Å². The largest absolute Gasteiger partial charge is 0.381 e. The van der Waals surface area contributed by atoms with E-state index in [0.29, 0.717) is 13.0 Å². The molecule has 1 aliphatic rings. The first kappa shape index (κ1) is 12.9. The maximum atomic E-state index is 14.2. The Morgan fingerprint density at radius 2 is 2.41 bits per heavy atom. The van der Waals surface area contributed by atoms with Gasteiger partial charge in [0.05, 0.1) is 6.61 Å². The van der Waals surface area contributed by atoms with Crippen LogP contribution in [0.4, 0.5) is 4.39 Å². The van der Waals surface area contributed by atoms with Crippen LogP contribution in [-0.4, -0.2) is 42.4 Å². The minimum Gasteiger partial charge on any atom is -0.381 e. The van der Waals surface area contributed by atoms with Gasteiger partial charge >= 0.3 is 0 Å². The molecular weight excluding hydrogens is 287 g/mol. The monoisotopic (exact) mass is 302 g/mol. The summed E-state index contributed by atoms with van der Waals surface area (Å²) >= 11 is 3.38. The van der Waals surface area contributed by atoms with Crippen LogP contribution in [0.3, 0.4) is 0 Å². The second-order valence-corrected chi connectivity index (χ2v) is 5.47. The van der Waals surface area contributed by atoms with Crippen molar-refractivity contribution < 1.29 is 9.13 Å². The lowest BCUT2D eigenvalue weighted by molar-refractivity contribution is 0.0467. The summed E-state index contributed by atoms with van der Waals surface area (Å²) in [6, 6.07) is 2.02. The number of nitrogens with zero attached hydrogens (tertiary/aromatic N) is 2. The summed E-state index contributed by atoms with van der Waals surface area (Å²) in [5, 5.41) is 0. The Kier molecular flexibility index (Phi) is 4.12. The lowest BCUT2D eigenvalue weighted by atomic mass is 10.1. The van der Waals surface area contributed by atoms with Crippen LogP contribution < -0.4 is 0 Å². The molecule has 1 saturated heterocycles. The zero-order valence-electron chi connectivity index (χ0n) is 9.83. The molecule has 0 spiro atoms. The molecule has 0 saturated carbocycles. The van der Waals surface area contributed by atoms with Crippen molar-refractivity contribution in [3.63, 3.8) is 0 Å². The van der Waals surface area contributed by atoms with Gasteiger partial charge in [0.2, 0.25) is 0 Å². The molecule has 1 aromatic heterocycles. The zero-order valence-corrected chi connectivity index (χ0v) is 11.4. The number of pyridine rings is 1. The third-order valence-corrected chi connectivity index (χ3v) is 3.39. The predicted octanol–water partition coefficient (Wildman–Crippen LogP) is 2.40. The fourth-order valence-corrected chi connectivity index (χ4v) is 2.64. The Balaban J connectivity index is 1.94. The molecule has 0 aromatic carbocycles. The Morgan fingerprint density at radius 1 is 1.59 bits per heavy atom. The lowest BCUT2D eigenvalue weighted by Gasteiger charge is -2.20. The van der Waals surface area contributed by atoms with Crippen LogP contribution in [0.2, 0.25) is 0 Å². The van der Waals surface area contributed by atoms with Crippen LogP contribution in [0.5, 0.6) is 0 Å². The summed E-state index contributed by atoms with van der Waals surface area (Å²) in [4.78, 5) is 6.21. The third-order valence-electron chi connectivity index (χ3n) is 2.95. The normalized spacial score (nSPS) is 25.4. The van der Waals surface area contributed by atoms with Gasteiger partial charge in [-0.25, -0.2) is 4.39 Å². The molecule has 94 valence electrons. The quantitative estimate of drug-likeness (QED) is 0.854. The Hall–Kier alpha value is -0.520. The SMILES string of the molecule is COCC1(F)CCN(Cc2cncc(Br)c2)C1. The molecule has 1 unspecified atom stereocenters. The Bertz CT molecular complexity index is 391. The van der Waals surface area contributed by atoms with Gasteiger partial charge in [-0.2, -0.15) is 0 Å². The molecule has 0 aliphatic carbocycles. The van der Waals surface area contributed by atoms with Crippen LogP contribution in [0.1, 0.15) is 12.0 Å². The van der Waals surface area contributed by atoms with Crippen LogP contribution in [0, 0.1) is 0 Å². The van der Waals surface area contributed by atoms with Crippen molar-refractivity contribution in [2.24, 2.45) is 0 Å². The molecule has 3 nitrogen and oxygen atoms in total. The maximum absolute atomic E-state index is 14.2. The van der Waals surface area contributed by atoms with Crippen molar-refractivity contribution in [3.05, 3.63) is 28.5 Å². The van der Waals surface area contributed by atoms with Crippen LogP contribution >= 0.6 is 15.9 Å². The van der Waals surface area contributed by atoms with E-state index >= 15 is 0 Å². The van der Waals surface area contributed by atoms with Crippen molar-refractivity contribution in [2.45, 2.75) is 18.6 Å². The Labute approximate surface area is 109 Å². The van der Waals surface area contributed by atoms with E-state index in [9.17, 15) is 4.39 Å². The topological polar surface area (TPSA) is 25.4 Å². The standard InChI is InChI=1S/C12H16BrFN2O/c1-17-9-12(14)2-3-16(8-12)7-10-4-11(13)6-15-5-10/h4-6H,2-3,7-9H2,1H3. The first-order valence-corrected chi connectivity index (χ1v) is 6.40. The second-order valence-electron chi connectivity index (χ2n) is 4.56. The first-order chi connectivity index (χ1) is 8.11. The number of alkyl halides is 1. The van der Waals surface area contributed by atoms with Crippen molar-refractivity contribution in [2.75, 3.05) is 26.8 Å². The fraction of sp³-hybridized carbons (Fsp3) is 0.583. The van der Waals surface area contributed by atoms with Crippen molar-refractivity contribution in [1.82, 2.24) is 9.88 Å². The Morgan fingerprint density at radius 3 is 3.12 bits per heavy atom. The minimum absolute atomic E-state index is 0.181. The van der Waals surface area contributed by atoms with Crippen molar-refractivity contribution in [3.8, 4) is 0 Å². The average molecular weight is 303 g/mol. The summed E-state index contributed by atoms with van der Waals surface area (Å²) in [6.45, 7) is 2.13. The molecule has 17 heavy (non-hydrogen) atoms. The van der Waals surface area contributed by atoms with Gasteiger partial charge < -0.3 is 4.74 Å². The molecule has 5 heteroatoms. The number of likely N-dealkylation sites (tertiary alicyclic amines) is 1. The number of hydrogen-bond acceptors (Lipinski definition) is 3. The number of methoxy groups -OCH3 is 1. The molecule has 1 aliphatic heterocycles. The minimum atomic E-state index is -1.19. The smallest absolute Gasteiger partial charge is 0.148 e. The number of hydrogen-bond donors (Lipinski definition) is 0. The van der Waals surface area contributed by atoms with Gasteiger partial charge in [-0.15, -0.1) is 0 Å². The molecule has 0 bridgehead atoms. The van der Waals surface area contributed by atoms with Crippen molar-refractivity contribution >= 4 is 15.9 Å². The molecule has 1 atom stereocenters. The number of rotatable bonds is 4. The van der Waals surface area contributed by atoms with Crippen LogP contribution in [-0.2, 0) is 11.3 Å². The van der Waals surface area contributed by atoms with E-state index in [4.69, 9.17) is 4.74 Å². The van der Waals surface area contributed by atoms with Gasteiger partial charge in [0.15, 0.2) is 0 Å². The van der Waals surface area contributed by atoms with E-state index in [1.165, 1.54) is 0 Å². The van der Waals surface area contributed by atoms with E-state index in [0.717, 1.165) is 23.1 Å². The van der Waals surface area contributed by atoms with Crippen LogP contribution in [0.15, 0.2) is 22.9 Å². The van der Waals surface area contributed by atoms with E-state index in [-0.39, 0.29) is 6.61 Å². The molecule has 0 amide bonds. The van der Waals surface area contributed by atoms with Crippen LogP contribution in [0.25, 0.3) is 0 Å². The number of halogens is 2. The molecule has 2 heterocycles. The van der Waals surface area contributed by atoms with E-state index in [2.05, 4.69) is 25.8 Å². The highest BCUT2D eigenvalue weighted by atomic mass is 79.9. The maximum Gasteiger partial charge on any atom is 0.148 e. The number of ether oxygens (including phenoxy) is 1. The summed E-state index contributed by atoms with van der Waals surface area (Å²) in [6.07, 6.45) is 4.11. The van der Waals surface area contributed by atoms with Gasteiger partial charge in [0, 0.05) is 43.6 Å². The summed E-state index contributed by atoms with van der Waals surface area (Å²) in [7, 11) is 1.54. The average Bonchev–Trinajstić information content (AvgIpc) is 2.60. The molecular formula is C12H16BrFN2O. The van der Waals surface area contributed by atoms with Crippen molar-refractivity contribution in [1.29, 1.82) is 0 Å². The third kappa shape index (κ3) is 3.47. The molecule has 0 N–H and O–H groups in total. The highest BCUT2D eigenvalue weighted by molar-refractivity contribution is 9.10. The van der Waals surface area contributed by atoms with Gasteiger partial charge in [-0.1, -0.05) is 0 Å². The summed E-state index contributed by atoms with van der Waals surface area (Å²) in [5.74, 6) is 0. The van der Waals surface area contributed by atoms with Gasteiger partial charge in [-0.05, 0) is 34.0 Å². The first-order valence-electron chi connectivity index (χ1n) is 5.61. The fourth-order valence-electron chi connectivity index (χ4n) is 2.23. The highest BCUT2D eigenvalue weighted by Crippen LogP contribution is 2.27. The molecule has 0 radical (unpaired) electrons. The summed E-state index contributed by atoms with van der Waals surface area (Å²) in [5.41, 5.74) is -0.0881. The molecule has 1 aromatic rings.